The molecule has 2 rings (SSSR count). The Morgan fingerprint density at radius 3 is 2.88 bits per heavy atom. The first-order chi connectivity index (χ1) is 7.72. The Balaban J connectivity index is 1.83. The normalized spacial score (nSPS) is 31.0. The van der Waals surface area contributed by atoms with Gasteiger partial charge in [-0.25, -0.2) is 0 Å². The predicted octanol–water partition coefficient (Wildman–Crippen LogP) is 0.700. The van der Waals surface area contributed by atoms with Crippen LogP contribution in [0.15, 0.2) is 0 Å². The third-order valence-electron chi connectivity index (χ3n) is 3.69. The molecule has 0 N–H and O–H groups in total. The molecular formula is C12H19N3O. The van der Waals surface area contributed by atoms with Crippen LogP contribution in [0.2, 0.25) is 0 Å². The topological polar surface area (TPSA) is 47.3 Å². The van der Waals surface area contributed by atoms with Crippen molar-refractivity contribution in [2.75, 3.05) is 32.7 Å². The second-order valence-electron chi connectivity index (χ2n) is 4.88. The summed E-state index contributed by atoms with van der Waals surface area (Å²) in [7, 11) is 0. The van der Waals surface area contributed by atoms with Crippen LogP contribution in [0.25, 0.3) is 0 Å². The molecule has 2 atom stereocenters. The van der Waals surface area contributed by atoms with Gasteiger partial charge in [0.2, 0.25) is 5.91 Å². The Kier molecular flexibility index (Phi) is 3.45. The van der Waals surface area contributed by atoms with Crippen LogP contribution in [0.3, 0.4) is 0 Å². The molecule has 4 heteroatoms. The highest BCUT2D eigenvalue weighted by molar-refractivity contribution is 5.79. The first kappa shape index (κ1) is 11.4. The summed E-state index contributed by atoms with van der Waals surface area (Å²) in [4.78, 5) is 16.0. The lowest BCUT2D eigenvalue weighted by Gasteiger charge is -2.20. The summed E-state index contributed by atoms with van der Waals surface area (Å²) < 4.78 is 0. The molecule has 0 aliphatic carbocycles. The highest BCUT2D eigenvalue weighted by atomic mass is 16.2. The molecule has 2 aliphatic heterocycles. The lowest BCUT2D eigenvalue weighted by atomic mass is 10.1. The van der Waals surface area contributed by atoms with Crippen molar-refractivity contribution in [1.82, 2.24) is 9.80 Å². The molecule has 2 aliphatic rings. The van der Waals surface area contributed by atoms with Crippen LogP contribution in [0, 0.1) is 23.2 Å². The molecule has 0 saturated carbocycles. The van der Waals surface area contributed by atoms with Gasteiger partial charge in [-0.3, -0.25) is 4.79 Å². The van der Waals surface area contributed by atoms with Gasteiger partial charge in [-0.2, -0.15) is 5.26 Å². The van der Waals surface area contributed by atoms with Gasteiger partial charge in [-0.15, -0.1) is 0 Å². The van der Waals surface area contributed by atoms with Crippen molar-refractivity contribution in [3.63, 3.8) is 0 Å². The number of hydrogen-bond acceptors (Lipinski definition) is 3. The van der Waals surface area contributed by atoms with E-state index in [0.29, 0.717) is 18.9 Å². The number of nitriles is 1. The zero-order chi connectivity index (χ0) is 11.5. The zero-order valence-electron chi connectivity index (χ0n) is 9.85. The summed E-state index contributed by atoms with van der Waals surface area (Å²) in [6, 6.07) is 2.20. The van der Waals surface area contributed by atoms with Gasteiger partial charge >= 0.3 is 0 Å². The van der Waals surface area contributed by atoms with E-state index < -0.39 is 0 Å². The number of carbonyl (C=O) groups excluding carboxylic acids is 1. The summed E-state index contributed by atoms with van der Waals surface area (Å²) in [5, 5.41) is 8.81. The molecule has 4 nitrogen and oxygen atoms in total. The maximum atomic E-state index is 11.6. The van der Waals surface area contributed by atoms with E-state index in [4.69, 9.17) is 5.26 Å². The van der Waals surface area contributed by atoms with Crippen molar-refractivity contribution in [1.29, 1.82) is 5.26 Å². The summed E-state index contributed by atoms with van der Waals surface area (Å²) in [6.07, 6.45) is 1.62. The Morgan fingerprint density at radius 2 is 2.31 bits per heavy atom. The Bertz CT molecular complexity index is 310. The number of amides is 1. The molecule has 2 saturated heterocycles. The molecule has 88 valence electrons. The quantitative estimate of drug-likeness (QED) is 0.705. The van der Waals surface area contributed by atoms with Crippen molar-refractivity contribution in [3.8, 4) is 6.07 Å². The van der Waals surface area contributed by atoms with Crippen LogP contribution in [-0.4, -0.2) is 48.4 Å². The fourth-order valence-corrected chi connectivity index (χ4v) is 2.70. The lowest BCUT2D eigenvalue weighted by Crippen LogP contribution is -2.32. The van der Waals surface area contributed by atoms with Gasteiger partial charge in [0.25, 0.3) is 0 Å². The van der Waals surface area contributed by atoms with E-state index in [1.807, 2.05) is 4.90 Å². The molecule has 0 spiro atoms. The monoisotopic (exact) mass is 221 g/mol. The number of likely N-dealkylation sites (tertiary alicyclic amines) is 2. The smallest absolute Gasteiger partial charge is 0.224 e. The number of carbonyl (C=O) groups is 1. The molecule has 0 aromatic rings. The number of rotatable bonds is 3. The molecule has 2 heterocycles. The predicted molar refractivity (Wildman–Crippen MR) is 60.5 cm³/mol. The number of hydrogen-bond donors (Lipinski definition) is 0. The van der Waals surface area contributed by atoms with E-state index in [-0.39, 0.29) is 11.8 Å². The molecule has 1 amide bonds. The Morgan fingerprint density at radius 1 is 1.50 bits per heavy atom. The maximum absolute atomic E-state index is 11.6. The highest BCUT2D eigenvalue weighted by Gasteiger charge is 2.32. The van der Waals surface area contributed by atoms with E-state index in [1.165, 1.54) is 6.42 Å². The molecule has 0 radical (unpaired) electrons. The zero-order valence-corrected chi connectivity index (χ0v) is 9.85. The maximum Gasteiger partial charge on any atom is 0.224 e. The average Bonchev–Trinajstić information content (AvgIpc) is 2.87. The first-order valence-corrected chi connectivity index (χ1v) is 6.12. The largest absolute Gasteiger partial charge is 0.341 e. The molecule has 2 fully saturated rings. The summed E-state index contributed by atoms with van der Waals surface area (Å²) >= 11 is 0. The van der Waals surface area contributed by atoms with Gasteiger partial charge in [-0.05, 0) is 25.4 Å². The van der Waals surface area contributed by atoms with Crippen molar-refractivity contribution < 1.29 is 4.79 Å². The fraction of sp³-hybridized carbons (Fsp3) is 0.833. The Labute approximate surface area is 96.8 Å². The molecule has 16 heavy (non-hydrogen) atoms. The standard InChI is InChI=1S/C12H19N3O/c1-2-14-4-3-10(7-14)8-15-9-11(6-13)5-12(15)16/h10-11H,2-5,7-9H2,1H3. The molecular weight excluding hydrogens is 202 g/mol. The third-order valence-corrected chi connectivity index (χ3v) is 3.69. The van der Waals surface area contributed by atoms with Crippen LogP contribution < -0.4 is 0 Å². The van der Waals surface area contributed by atoms with Gasteiger partial charge in [0.1, 0.15) is 0 Å². The van der Waals surface area contributed by atoms with E-state index in [2.05, 4.69) is 17.9 Å². The number of nitrogens with zero attached hydrogens (tertiary/aromatic N) is 3. The first-order valence-electron chi connectivity index (χ1n) is 6.12. The minimum absolute atomic E-state index is 0.0730. The molecule has 2 unspecified atom stereocenters. The minimum Gasteiger partial charge on any atom is -0.341 e. The van der Waals surface area contributed by atoms with Crippen molar-refractivity contribution in [3.05, 3.63) is 0 Å². The van der Waals surface area contributed by atoms with Crippen LogP contribution in [0.1, 0.15) is 19.8 Å². The van der Waals surface area contributed by atoms with Gasteiger partial charge in [-0.1, -0.05) is 6.92 Å². The van der Waals surface area contributed by atoms with Crippen molar-refractivity contribution in [2.24, 2.45) is 11.8 Å². The van der Waals surface area contributed by atoms with Crippen LogP contribution >= 0.6 is 0 Å². The van der Waals surface area contributed by atoms with Crippen molar-refractivity contribution in [2.45, 2.75) is 19.8 Å². The average molecular weight is 221 g/mol. The van der Waals surface area contributed by atoms with Gasteiger partial charge in [0.05, 0.1) is 12.0 Å². The highest BCUT2D eigenvalue weighted by Crippen LogP contribution is 2.22. The SMILES string of the molecule is CCN1CCC(CN2CC(C#N)CC2=O)C1. The van der Waals surface area contributed by atoms with Gasteiger partial charge in [0, 0.05) is 26.1 Å². The summed E-state index contributed by atoms with van der Waals surface area (Å²) in [6.45, 7) is 7.05. The third kappa shape index (κ3) is 2.35. The fourth-order valence-electron chi connectivity index (χ4n) is 2.70. The molecule has 0 bridgehead atoms. The van der Waals surface area contributed by atoms with E-state index in [9.17, 15) is 4.79 Å². The van der Waals surface area contributed by atoms with Crippen LogP contribution in [0.5, 0.6) is 0 Å². The molecule has 0 aromatic heterocycles. The second kappa shape index (κ2) is 4.84. The molecule has 0 aromatic carbocycles. The lowest BCUT2D eigenvalue weighted by molar-refractivity contribution is -0.128. The van der Waals surface area contributed by atoms with E-state index >= 15 is 0 Å². The summed E-state index contributed by atoms with van der Waals surface area (Å²) in [5.74, 6) is 0.707. The second-order valence-corrected chi connectivity index (χ2v) is 4.88. The minimum atomic E-state index is -0.0730. The Hall–Kier alpha value is -1.08. The van der Waals surface area contributed by atoms with Crippen LogP contribution in [-0.2, 0) is 4.79 Å². The summed E-state index contributed by atoms with van der Waals surface area (Å²) in [5.41, 5.74) is 0. The van der Waals surface area contributed by atoms with Gasteiger partial charge in [0.15, 0.2) is 0 Å². The van der Waals surface area contributed by atoms with Gasteiger partial charge < -0.3 is 9.80 Å². The van der Waals surface area contributed by atoms with Crippen molar-refractivity contribution >= 4 is 5.91 Å². The van der Waals surface area contributed by atoms with E-state index in [1.54, 1.807) is 0 Å². The van der Waals surface area contributed by atoms with Crippen LogP contribution in [0.4, 0.5) is 0 Å². The van der Waals surface area contributed by atoms with E-state index in [0.717, 1.165) is 26.2 Å².